The molecule has 0 heterocycles. The minimum absolute atomic E-state index is 0.169. The lowest BCUT2D eigenvalue weighted by Gasteiger charge is -2.10. The first-order chi connectivity index (χ1) is 10.4. The number of benzene rings is 2. The zero-order chi connectivity index (χ0) is 16.3. The van der Waals surface area contributed by atoms with Crippen molar-refractivity contribution in [3.05, 3.63) is 58.1 Å². The van der Waals surface area contributed by atoms with Gasteiger partial charge < -0.3 is 15.2 Å². The Morgan fingerprint density at radius 2 is 1.82 bits per heavy atom. The Labute approximate surface area is 132 Å². The molecule has 0 aromatic heterocycles. The number of carboxylic acids is 1. The van der Waals surface area contributed by atoms with E-state index < -0.39 is 5.97 Å². The van der Waals surface area contributed by atoms with E-state index in [1.807, 2.05) is 0 Å². The molecule has 114 valence electrons. The fourth-order valence-electron chi connectivity index (χ4n) is 1.94. The quantitative estimate of drug-likeness (QED) is 0.902. The lowest BCUT2D eigenvalue weighted by atomic mass is 10.1. The molecular formula is C16H14ClNO4. The molecule has 0 aliphatic carbocycles. The van der Waals surface area contributed by atoms with Gasteiger partial charge in [0.25, 0.3) is 5.91 Å². The average molecular weight is 320 g/mol. The highest BCUT2D eigenvalue weighted by atomic mass is 35.5. The normalized spacial score (nSPS) is 10.1. The van der Waals surface area contributed by atoms with Gasteiger partial charge in [-0.3, -0.25) is 4.79 Å². The fourth-order valence-corrected chi connectivity index (χ4v) is 2.20. The van der Waals surface area contributed by atoms with Crippen LogP contribution in [0.4, 0.5) is 5.69 Å². The molecule has 2 rings (SSSR count). The molecule has 0 saturated heterocycles. The SMILES string of the molecule is COc1ccc(C(=O)Nc2ccc(C(=O)O)cc2C)cc1Cl. The predicted octanol–water partition coefficient (Wildman–Crippen LogP) is 3.61. The maximum absolute atomic E-state index is 12.2. The van der Waals surface area contributed by atoms with Crippen molar-refractivity contribution in [2.24, 2.45) is 0 Å². The first-order valence-electron chi connectivity index (χ1n) is 6.41. The molecule has 6 heteroatoms. The Morgan fingerprint density at radius 3 is 2.36 bits per heavy atom. The van der Waals surface area contributed by atoms with E-state index in [0.29, 0.717) is 27.6 Å². The minimum atomic E-state index is -1.01. The molecular weight excluding hydrogens is 306 g/mol. The van der Waals surface area contributed by atoms with Gasteiger partial charge in [-0.2, -0.15) is 0 Å². The number of halogens is 1. The van der Waals surface area contributed by atoms with Crippen molar-refractivity contribution in [2.75, 3.05) is 12.4 Å². The molecule has 5 nitrogen and oxygen atoms in total. The highest BCUT2D eigenvalue weighted by molar-refractivity contribution is 6.32. The molecule has 0 atom stereocenters. The van der Waals surface area contributed by atoms with Crippen LogP contribution in [0.25, 0.3) is 0 Å². The number of hydrogen-bond acceptors (Lipinski definition) is 3. The summed E-state index contributed by atoms with van der Waals surface area (Å²) in [6, 6.07) is 9.21. The van der Waals surface area contributed by atoms with Crippen molar-refractivity contribution in [2.45, 2.75) is 6.92 Å². The standard InChI is InChI=1S/C16H14ClNO4/c1-9-7-11(16(20)21)3-5-13(9)18-15(19)10-4-6-14(22-2)12(17)8-10/h3-8H,1-2H3,(H,18,19)(H,20,21). The second kappa shape index (κ2) is 6.49. The number of carboxylic acid groups (broad SMARTS) is 1. The van der Waals surface area contributed by atoms with Crippen molar-refractivity contribution in [3.63, 3.8) is 0 Å². The zero-order valence-electron chi connectivity index (χ0n) is 12.0. The van der Waals surface area contributed by atoms with Gasteiger partial charge in [0.2, 0.25) is 0 Å². The van der Waals surface area contributed by atoms with E-state index >= 15 is 0 Å². The highest BCUT2D eigenvalue weighted by Crippen LogP contribution is 2.25. The molecule has 0 radical (unpaired) electrons. The zero-order valence-corrected chi connectivity index (χ0v) is 12.8. The van der Waals surface area contributed by atoms with Gasteiger partial charge in [0.15, 0.2) is 0 Å². The Morgan fingerprint density at radius 1 is 1.14 bits per heavy atom. The second-order valence-electron chi connectivity index (χ2n) is 4.64. The van der Waals surface area contributed by atoms with Crippen LogP contribution in [0.15, 0.2) is 36.4 Å². The van der Waals surface area contributed by atoms with E-state index in [9.17, 15) is 9.59 Å². The fraction of sp³-hybridized carbons (Fsp3) is 0.125. The molecule has 0 unspecified atom stereocenters. The number of carbonyl (C=O) groups is 2. The molecule has 0 fully saturated rings. The molecule has 2 N–H and O–H groups in total. The van der Waals surface area contributed by atoms with Gasteiger partial charge >= 0.3 is 5.97 Å². The van der Waals surface area contributed by atoms with Crippen LogP contribution in [0.5, 0.6) is 5.75 Å². The molecule has 2 aromatic rings. The number of nitrogens with one attached hydrogen (secondary N) is 1. The van der Waals surface area contributed by atoms with E-state index in [2.05, 4.69) is 5.32 Å². The van der Waals surface area contributed by atoms with Crippen molar-refractivity contribution >= 4 is 29.2 Å². The predicted molar refractivity (Wildman–Crippen MR) is 84.1 cm³/mol. The van der Waals surface area contributed by atoms with Gasteiger partial charge in [-0.15, -0.1) is 0 Å². The molecule has 2 aromatic carbocycles. The summed E-state index contributed by atoms with van der Waals surface area (Å²) in [4.78, 5) is 23.1. The second-order valence-corrected chi connectivity index (χ2v) is 5.05. The van der Waals surface area contributed by atoms with Gasteiger partial charge in [-0.25, -0.2) is 4.79 Å². The molecule has 0 spiro atoms. The number of aromatic carboxylic acids is 1. The topological polar surface area (TPSA) is 75.6 Å². The van der Waals surface area contributed by atoms with Gasteiger partial charge in [0.1, 0.15) is 5.75 Å². The summed E-state index contributed by atoms with van der Waals surface area (Å²) in [7, 11) is 1.49. The number of methoxy groups -OCH3 is 1. The molecule has 1 amide bonds. The lowest BCUT2D eigenvalue weighted by molar-refractivity contribution is 0.0696. The third-order valence-electron chi connectivity index (χ3n) is 3.14. The lowest BCUT2D eigenvalue weighted by Crippen LogP contribution is -2.13. The Balaban J connectivity index is 2.22. The molecule has 0 bridgehead atoms. The third kappa shape index (κ3) is 3.38. The van der Waals surface area contributed by atoms with Crippen LogP contribution in [0.1, 0.15) is 26.3 Å². The highest BCUT2D eigenvalue weighted by Gasteiger charge is 2.12. The van der Waals surface area contributed by atoms with Crippen LogP contribution >= 0.6 is 11.6 Å². The minimum Gasteiger partial charge on any atom is -0.495 e. The Hall–Kier alpha value is -2.53. The number of aryl methyl sites for hydroxylation is 1. The van der Waals surface area contributed by atoms with Crippen LogP contribution < -0.4 is 10.1 Å². The van der Waals surface area contributed by atoms with Gasteiger partial charge in [-0.05, 0) is 48.9 Å². The van der Waals surface area contributed by atoms with E-state index in [1.165, 1.54) is 25.3 Å². The van der Waals surface area contributed by atoms with Crippen molar-refractivity contribution < 1.29 is 19.4 Å². The van der Waals surface area contributed by atoms with Crippen LogP contribution in [-0.2, 0) is 0 Å². The number of hydrogen-bond donors (Lipinski definition) is 2. The van der Waals surface area contributed by atoms with Gasteiger partial charge in [0, 0.05) is 11.3 Å². The first kappa shape index (κ1) is 15.9. The molecule has 22 heavy (non-hydrogen) atoms. The third-order valence-corrected chi connectivity index (χ3v) is 3.43. The Kier molecular flexibility index (Phi) is 4.68. The van der Waals surface area contributed by atoms with E-state index in [1.54, 1.807) is 25.1 Å². The number of carbonyl (C=O) groups excluding carboxylic acids is 1. The maximum Gasteiger partial charge on any atom is 0.335 e. The van der Waals surface area contributed by atoms with Crippen LogP contribution in [0.2, 0.25) is 5.02 Å². The van der Waals surface area contributed by atoms with Crippen molar-refractivity contribution in [1.29, 1.82) is 0 Å². The number of rotatable bonds is 4. The maximum atomic E-state index is 12.2. The van der Waals surface area contributed by atoms with Crippen molar-refractivity contribution in [1.82, 2.24) is 0 Å². The number of amides is 1. The number of ether oxygens (including phenoxy) is 1. The van der Waals surface area contributed by atoms with E-state index in [-0.39, 0.29) is 11.5 Å². The smallest absolute Gasteiger partial charge is 0.335 e. The summed E-state index contributed by atoms with van der Waals surface area (Å²) in [6.07, 6.45) is 0. The monoisotopic (exact) mass is 319 g/mol. The summed E-state index contributed by atoms with van der Waals surface area (Å²) in [5, 5.41) is 12.0. The van der Waals surface area contributed by atoms with Crippen molar-refractivity contribution in [3.8, 4) is 5.75 Å². The summed E-state index contributed by atoms with van der Waals surface area (Å²) < 4.78 is 5.03. The molecule has 0 aliphatic heterocycles. The largest absolute Gasteiger partial charge is 0.495 e. The van der Waals surface area contributed by atoms with E-state index in [0.717, 1.165) is 0 Å². The molecule has 0 saturated carbocycles. The first-order valence-corrected chi connectivity index (χ1v) is 6.79. The number of anilines is 1. The average Bonchev–Trinajstić information content (AvgIpc) is 2.48. The van der Waals surface area contributed by atoms with Gasteiger partial charge in [-0.1, -0.05) is 11.6 Å². The van der Waals surface area contributed by atoms with E-state index in [4.69, 9.17) is 21.4 Å². The Bertz CT molecular complexity index is 743. The summed E-state index contributed by atoms with van der Waals surface area (Å²) in [5.41, 5.74) is 1.75. The summed E-state index contributed by atoms with van der Waals surface area (Å²) in [5.74, 6) is -0.862. The summed E-state index contributed by atoms with van der Waals surface area (Å²) >= 11 is 5.99. The molecule has 0 aliphatic rings. The van der Waals surface area contributed by atoms with Crippen LogP contribution in [0.3, 0.4) is 0 Å². The van der Waals surface area contributed by atoms with Crippen LogP contribution in [0, 0.1) is 6.92 Å². The van der Waals surface area contributed by atoms with Crippen LogP contribution in [-0.4, -0.2) is 24.1 Å². The summed E-state index contributed by atoms with van der Waals surface area (Å²) in [6.45, 7) is 1.73. The van der Waals surface area contributed by atoms with Gasteiger partial charge in [0.05, 0.1) is 17.7 Å².